The molecule has 1 aliphatic carbocycles. The van der Waals surface area contributed by atoms with E-state index in [4.69, 9.17) is 9.98 Å². The van der Waals surface area contributed by atoms with Crippen molar-refractivity contribution in [1.29, 1.82) is 0 Å². The maximum atomic E-state index is 12.7. The number of pyridine rings is 1. The van der Waals surface area contributed by atoms with Crippen LogP contribution in [0.5, 0.6) is 0 Å². The number of amides is 1. The predicted molar refractivity (Wildman–Crippen MR) is 127 cm³/mol. The van der Waals surface area contributed by atoms with E-state index in [1.54, 1.807) is 6.20 Å². The number of nitrogens with zero attached hydrogens (tertiary/aromatic N) is 3. The number of aromatic nitrogens is 1. The summed E-state index contributed by atoms with van der Waals surface area (Å²) in [5, 5.41) is 4.07. The molecular formula is C25H22N4OS. The van der Waals surface area contributed by atoms with Gasteiger partial charge in [0.25, 0.3) is 0 Å². The Morgan fingerprint density at radius 2 is 1.74 bits per heavy atom. The monoisotopic (exact) mass is 426 g/mol. The Morgan fingerprint density at radius 3 is 2.58 bits per heavy atom. The van der Waals surface area contributed by atoms with Gasteiger partial charge in [-0.25, -0.2) is 9.98 Å². The Balaban J connectivity index is 1.30. The van der Waals surface area contributed by atoms with E-state index in [0.29, 0.717) is 12.2 Å². The SMILES string of the molecule is O=C(CSC1=Nc2ccccc2N=C(c2ccccn2)C1)N[C@H]1CCc2ccccc21. The minimum Gasteiger partial charge on any atom is -0.349 e. The van der Waals surface area contributed by atoms with Crippen LogP contribution in [0.4, 0.5) is 11.4 Å². The van der Waals surface area contributed by atoms with E-state index in [-0.39, 0.29) is 11.9 Å². The molecule has 0 saturated heterocycles. The summed E-state index contributed by atoms with van der Waals surface area (Å²) in [5.41, 5.74) is 5.92. The first-order valence-corrected chi connectivity index (χ1v) is 11.4. The highest BCUT2D eigenvalue weighted by molar-refractivity contribution is 8.14. The molecule has 0 unspecified atom stereocenters. The smallest absolute Gasteiger partial charge is 0.230 e. The molecule has 2 heterocycles. The molecule has 1 N–H and O–H groups in total. The van der Waals surface area contributed by atoms with Crippen LogP contribution in [0.1, 0.15) is 35.7 Å². The van der Waals surface area contributed by atoms with E-state index in [2.05, 4.69) is 28.5 Å². The highest BCUT2D eigenvalue weighted by Gasteiger charge is 2.24. The topological polar surface area (TPSA) is 66.7 Å². The summed E-state index contributed by atoms with van der Waals surface area (Å²) in [7, 11) is 0. The first-order chi connectivity index (χ1) is 15.3. The van der Waals surface area contributed by atoms with E-state index in [9.17, 15) is 4.79 Å². The highest BCUT2D eigenvalue weighted by atomic mass is 32.2. The molecule has 0 bridgehead atoms. The van der Waals surface area contributed by atoms with E-state index in [1.165, 1.54) is 22.9 Å². The van der Waals surface area contributed by atoms with Gasteiger partial charge in [0.2, 0.25) is 5.91 Å². The minimum atomic E-state index is 0.0308. The third-order valence-electron chi connectivity index (χ3n) is 5.50. The fourth-order valence-electron chi connectivity index (χ4n) is 4.01. The standard InChI is InChI=1S/C25H22N4OS/c30-24(28-19-13-12-17-7-1-2-8-18(17)19)16-31-25-15-23(20-9-5-6-14-26-20)27-21-10-3-4-11-22(21)29-25/h1-11,14,19H,12-13,15-16H2,(H,28,30)/t19-/m0/s1. The van der Waals surface area contributed by atoms with E-state index >= 15 is 0 Å². The number of aryl methyl sites for hydroxylation is 1. The van der Waals surface area contributed by atoms with Gasteiger partial charge >= 0.3 is 0 Å². The molecule has 0 saturated carbocycles. The van der Waals surface area contributed by atoms with Crippen molar-refractivity contribution >= 4 is 39.8 Å². The molecule has 2 aromatic carbocycles. The van der Waals surface area contributed by atoms with Gasteiger partial charge in [0.1, 0.15) is 0 Å². The molecule has 1 aliphatic heterocycles. The Morgan fingerprint density at radius 1 is 0.968 bits per heavy atom. The van der Waals surface area contributed by atoms with Crippen LogP contribution in [0.2, 0.25) is 0 Å². The first-order valence-electron chi connectivity index (χ1n) is 10.4. The lowest BCUT2D eigenvalue weighted by Crippen LogP contribution is -2.29. The average molecular weight is 427 g/mol. The summed E-state index contributed by atoms with van der Waals surface area (Å²) in [6.07, 6.45) is 4.30. The number of benzene rings is 2. The second-order valence-corrected chi connectivity index (χ2v) is 8.64. The zero-order valence-corrected chi connectivity index (χ0v) is 17.8. The van der Waals surface area contributed by atoms with Crippen LogP contribution in [0.15, 0.2) is 82.9 Å². The van der Waals surface area contributed by atoms with Crippen molar-refractivity contribution in [3.63, 3.8) is 0 Å². The van der Waals surface area contributed by atoms with Gasteiger partial charge in [-0.15, -0.1) is 11.8 Å². The molecule has 31 heavy (non-hydrogen) atoms. The third-order valence-corrected chi connectivity index (χ3v) is 6.47. The summed E-state index contributed by atoms with van der Waals surface area (Å²) in [5.74, 6) is 0.359. The van der Waals surface area contributed by atoms with Crippen molar-refractivity contribution in [2.75, 3.05) is 5.75 Å². The molecule has 1 aromatic heterocycles. The number of nitrogens with one attached hydrogen (secondary N) is 1. The fourth-order valence-corrected chi connectivity index (χ4v) is 4.79. The van der Waals surface area contributed by atoms with Crippen LogP contribution in [0.25, 0.3) is 0 Å². The van der Waals surface area contributed by atoms with Crippen molar-refractivity contribution < 1.29 is 4.79 Å². The fraction of sp³-hybridized carbons (Fsp3) is 0.200. The normalized spacial score (nSPS) is 17.1. The van der Waals surface area contributed by atoms with Gasteiger partial charge in [0.15, 0.2) is 0 Å². The zero-order valence-electron chi connectivity index (χ0n) is 17.0. The first kappa shape index (κ1) is 19.7. The molecule has 5 rings (SSSR count). The van der Waals surface area contributed by atoms with E-state index in [1.807, 2.05) is 48.5 Å². The molecule has 0 radical (unpaired) electrons. The number of hydrogen-bond acceptors (Lipinski definition) is 5. The van der Waals surface area contributed by atoms with Crippen LogP contribution >= 0.6 is 11.8 Å². The number of aliphatic imine (C=N–C) groups is 2. The van der Waals surface area contributed by atoms with Gasteiger partial charge in [-0.3, -0.25) is 9.78 Å². The summed E-state index contributed by atoms with van der Waals surface area (Å²) in [4.78, 5) is 26.8. The van der Waals surface area contributed by atoms with E-state index < -0.39 is 0 Å². The van der Waals surface area contributed by atoms with Gasteiger partial charge in [0.05, 0.1) is 39.6 Å². The third kappa shape index (κ3) is 4.44. The van der Waals surface area contributed by atoms with Gasteiger partial charge in [-0.2, -0.15) is 0 Å². The highest BCUT2D eigenvalue weighted by Crippen LogP contribution is 2.33. The molecule has 1 atom stereocenters. The second kappa shape index (κ2) is 8.86. The maximum absolute atomic E-state index is 12.7. The number of thioether (sulfide) groups is 1. The predicted octanol–water partition coefficient (Wildman–Crippen LogP) is 5.17. The minimum absolute atomic E-state index is 0.0308. The van der Waals surface area contributed by atoms with Crippen LogP contribution in [0, 0.1) is 0 Å². The van der Waals surface area contributed by atoms with Gasteiger partial charge < -0.3 is 5.32 Å². The summed E-state index contributed by atoms with van der Waals surface area (Å²) < 4.78 is 0. The number of para-hydroxylation sites is 2. The number of hydrogen-bond donors (Lipinski definition) is 1. The summed E-state index contributed by atoms with van der Waals surface area (Å²) in [6.45, 7) is 0. The van der Waals surface area contributed by atoms with Crippen molar-refractivity contribution in [2.45, 2.75) is 25.3 Å². The van der Waals surface area contributed by atoms with Gasteiger partial charge in [0, 0.05) is 12.6 Å². The second-order valence-electron chi connectivity index (χ2n) is 7.59. The van der Waals surface area contributed by atoms with Gasteiger partial charge in [-0.1, -0.05) is 42.5 Å². The van der Waals surface area contributed by atoms with E-state index in [0.717, 1.165) is 40.7 Å². The van der Waals surface area contributed by atoms with Crippen molar-refractivity contribution in [3.05, 3.63) is 89.7 Å². The quantitative estimate of drug-likeness (QED) is 0.626. The largest absolute Gasteiger partial charge is 0.349 e. The van der Waals surface area contributed by atoms with Crippen molar-refractivity contribution in [1.82, 2.24) is 10.3 Å². The lowest BCUT2D eigenvalue weighted by atomic mass is 10.1. The van der Waals surface area contributed by atoms with Crippen molar-refractivity contribution in [2.24, 2.45) is 9.98 Å². The lowest BCUT2D eigenvalue weighted by molar-refractivity contribution is -0.119. The lowest BCUT2D eigenvalue weighted by Gasteiger charge is -2.14. The molecule has 2 aliphatic rings. The molecular weight excluding hydrogens is 404 g/mol. The molecule has 6 heteroatoms. The molecule has 0 fully saturated rings. The van der Waals surface area contributed by atoms with Gasteiger partial charge in [-0.05, 0) is 48.2 Å². The Hall–Kier alpha value is -3.25. The average Bonchev–Trinajstić information content (AvgIpc) is 3.10. The van der Waals surface area contributed by atoms with Crippen LogP contribution in [0.3, 0.4) is 0 Å². The number of rotatable bonds is 4. The zero-order chi connectivity index (χ0) is 21.0. The molecule has 0 spiro atoms. The molecule has 5 nitrogen and oxygen atoms in total. The number of carbonyl (C=O) groups is 1. The summed E-state index contributed by atoms with van der Waals surface area (Å²) >= 11 is 1.47. The molecule has 3 aromatic rings. The van der Waals surface area contributed by atoms with Crippen molar-refractivity contribution in [3.8, 4) is 0 Å². The van der Waals surface area contributed by atoms with Crippen LogP contribution < -0.4 is 5.32 Å². The molecule has 1 amide bonds. The molecule has 154 valence electrons. The Labute approximate surface area is 185 Å². The van der Waals surface area contributed by atoms with Crippen LogP contribution in [-0.2, 0) is 11.2 Å². The Bertz CT molecular complexity index is 1170. The summed E-state index contributed by atoms with van der Waals surface area (Å²) in [6, 6.07) is 22.1. The maximum Gasteiger partial charge on any atom is 0.230 e. The number of carbonyl (C=O) groups excluding carboxylic acids is 1. The number of fused-ring (bicyclic) bond motifs is 2. The van der Waals surface area contributed by atoms with Crippen LogP contribution in [-0.4, -0.2) is 27.4 Å². The Kier molecular flexibility index (Phi) is 5.63.